The van der Waals surface area contributed by atoms with Crippen LogP contribution in [0.3, 0.4) is 0 Å². The van der Waals surface area contributed by atoms with Crippen LogP contribution in [0.1, 0.15) is 69.4 Å². The lowest BCUT2D eigenvalue weighted by molar-refractivity contribution is -0.117. The van der Waals surface area contributed by atoms with Gasteiger partial charge in [-0.2, -0.15) is 0 Å². The second kappa shape index (κ2) is 9.59. The fourth-order valence-corrected chi connectivity index (χ4v) is 4.29. The van der Waals surface area contributed by atoms with Crippen molar-refractivity contribution in [3.05, 3.63) is 65.2 Å². The smallest absolute Gasteiger partial charge is 0.129 e. The van der Waals surface area contributed by atoms with E-state index in [0.717, 1.165) is 30.4 Å². The summed E-state index contributed by atoms with van der Waals surface area (Å²) in [5, 5.41) is 19.5. The van der Waals surface area contributed by atoms with Gasteiger partial charge < -0.3 is 15.0 Å². The first-order chi connectivity index (χ1) is 13.5. The van der Waals surface area contributed by atoms with Crippen molar-refractivity contribution >= 4 is 11.4 Å². The van der Waals surface area contributed by atoms with Gasteiger partial charge in [-0.25, -0.2) is 0 Å². The maximum atomic E-state index is 11.3. The number of carbonyl (C=O) groups excluding carboxylic acids is 1. The summed E-state index contributed by atoms with van der Waals surface area (Å²) in [5.41, 5.74) is 4.86. The molecule has 0 aliphatic heterocycles. The van der Waals surface area contributed by atoms with Gasteiger partial charge in [0, 0.05) is 6.42 Å². The minimum absolute atomic E-state index is 0.253. The SMILES string of the molecule is CC(=O)CCCCC(=C(c1ccc(O)cc1)c1ccc(O)cc1)C1CCCC1. The number of carbonyl (C=O) groups is 1. The molecule has 3 rings (SSSR count). The summed E-state index contributed by atoms with van der Waals surface area (Å²) in [7, 11) is 0. The number of unbranched alkanes of at least 4 members (excludes halogenated alkanes) is 1. The number of ketones is 1. The Morgan fingerprint density at radius 2 is 1.29 bits per heavy atom. The van der Waals surface area contributed by atoms with E-state index in [1.165, 1.54) is 36.8 Å². The molecule has 0 atom stereocenters. The Labute approximate surface area is 167 Å². The molecule has 0 radical (unpaired) electrons. The molecule has 1 saturated carbocycles. The highest BCUT2D eigenvalue weighted by atomic mass is 16.3. The predicted molar refractivity (Wildman–Crippen MR) is 113 cm³/mol. The summed E-state index contributed by atoms with van der Waals surface area (Å²) in [4.78, 5) is 11.3. The fourth-order valence-electron chi connectivity index (χ4n) is 4.29. The average Bonchev–Trinajstić information content (AvgIpc) is 3.21. The van der Waals surface area contributed by atoms with Crippen LogP contribution >= 0.6 is 0 Å². The van der Waals surface area contributed by atoms with Crippen LogP contribution in [0.5, 0.6) is 11.5 Å². The third-order valence-corrected chi connectivity index (χ3v) is 5.71. The molecule has 3 nitrogen and oxygen atoms in total. The van der Waals surface area contributed by atoms with Crippen molar-refractivity contribution in [3.8, 4) is 11.5 Å². The first-order valence-electron chi connectivity index (χ1n) is 10.4. The molecule has 28 heavy (non-hydrogen) atoms. The molecule has 1 aliphatic rings. The van der Waals surface area contributed by atoms with E-state index in [4.69, 9.17) is 0 Å². The van der Waals surface area contributed by atoms with Crippen LogP contribution in [0.25, 0.3) is 5.57 Å². The van der Waals surface area contributed by atoms with Gasteiger partial charge in [-0.05, 0) is 85.9 Å². The molecule has 2 N–H and O–H groups in total. The molecular weight excluding hydrogens is 348 g/mol. The molecule has 0 unspecified atom stereocenters. The van der Waals surface area contributed by atoms with Crippen LogP contribution in [-0.4, -0.2) is 16.0 Å². The molecule has 0 bridgehead atoms. The average molecular weight is 379 g/mol. The van der Waals surface area contributed by atoms with Crippen molar-refractivity contribution in [3.63, 3.8) is 0 Å². The van der Waals surface area contributed by atoms with Crippen molar-refractivity contribution in [2.24, 2.45) is 5.92 Å². The third-order valence-electron chi connectivity index (χ3n) is 5.71. The predicted octanol–water partition coefficient (Wildman–Crippen LogP) is 6.24. The molecule has 0 spiro atoms. The number of Topliss-reactive ketones (excluding diaryl/α,β-unsaturated/α-hetero) is 1. The molecule has 0 saturated heterocycles. The molecule has 0 amide bonds. The van der Waals surface area contributed by atoms with Gasteiger partial charge in [0.15, 0.2) is 0 Å². The summed E-state index contributed by atoms with van der Waals surface area (Å²) in [5.74, 6) is 1.34. The van der Waals surface area contributed by atoms with Crippen LogP contribution in [0, 0.1) is 5.92 Å². The van der Waals surface area contributed by atoms with E-state index < -0.39 is 0 Å². The highest BCUT2D eigenvalue weighted by Crippen LogP contribution is 2.41. The molecule has 3 heteroatoms. The Bertz CT molecular complexity index is 762. The second-order valence-corrected chi connectivity index (χ2v) is 7.88. The summed E-state index contributed by atoms with van der Waals surface area (Å²) in [6.07, 6.45) is 8.50. The summed E-state index contributed by atoms with van der Waals surface area (Å²) in [6, 6.07) is 14.8. The van der Waals surface area contributed by atoms with Gasteiger partial charge in [0.2, 0.25) is 0 Å². The van der Waals surface area contributed by atoms with Gasteiger partial charge in [0.25, 0.3) is 0 Å². The zero-order valence-electron chi connectivity index (χ0n) is 16.7. The molecule has 148 valence electrons. The number of phenolic OH excluding ortho intramolecular Hbond substituents is 2. The number of hydrogen-bond donors (Lipinski definition) is 2. The van der Waals surface area contributed by atoms with Crippen LogP contribution < -0.4 is 0 Å². The number of hydrogen-bond acceptors (Lipinski definition) is 3. The summed E-state index contributed by atoms with van der Waals surface area (Å²) in [6.45, 7) is 1.66. The van der Waals surface area contributed by atoms with E-state index in [-0.39, 0.29) is 17.3 Å². The van der Waals surface area contributed by atoms with Crippen molar-refractivity contribution < 1.29 is 15.0 Å². The van der Waals surface area contributed by atoms with Crippen LogP contribution in [0.15, 0.2) is 54.1 Å². The number of rotatable bonds is 8. The van der Waals surface area contributed by atoms with E-state index in [2.05, 4.69) is 0 Å². The van der Waals surface area contributed by atoms with Crippen LogP contribution in [0.2, 0.25) is 0 Å². The molecule has 2 aromatic rings. The lowest BCUT2D eigenvalue weighted by Gasteiger charge is -2.22. The van der Waals surface area contributed by atoms with Gasteiger partial charge in [0.05, 0.1) is 0 Å². The van der Waals surface area contributed by atoms with Gasteiger partial charge in [-0.3, -0.25) is 0 Å². The maximum absolute atomic E-state index is 11.3. The lowest BCUT2D eigenvalue weighted by Crippen LogP contribution is -2.05. The zero-order chi connectivity index (χ0) is 19.9. The summed E-state index contributed by atoms with van der Waals surface area (Å²) >= 11 is 0. The fraction of sp³-hybridized carbons (Fsp3) is 0.400. The summed E-state index contributed by atoms with van der Waals surface area (Å²) < 4.78 is 0. The first kappa shape index (κ1) is 20.2. The standard InChI is InChI=1S/C25H30O3/c1-18(26)6-2-5-9-24(19-7-3-4-8-19)25(20-10-14-22(27)15-11-20)21-12-16-23(28)17-13-21/h10-17,19,27-28H,2-9H2,1H3. The van der Waals surface area contributed by atoms with Crippen LogP contribution in [-0.2, 0) is 4.79 Å². The second-order valence-electron chi connectivity index (χ2n) is 7.88. The Morgan fingerprint density at radius 1 is 0.821 bits per heavy atom. The highest BCUT2D eigenvalue weighted by molar-refractivity contribution is 5.83. The zero-order valence-corrected chi connectivity index (χ0v) is 16.7. The quantitative estimate of drug-likeness (QED) is 0.535. The van der Waals surface area contributed by atoms with Crippen molar-refractivity contribution in [2.45, 2.75) is 58.3 Å². The molecule has 0 heterocycles. The number of phenols is 2. The minimum atomic E-state index is 0.253. The van der Waals surface area contributed by atoms with Crippen LogP contribution in [0.4, 0.5) is 0 Å². The van der Waals surface area contributed by atoms with E-state index in [1.807, 2.05) is 24.3 Å². The van der Waals surface area contributed by atoms with E-state index >= 15 is 0 Å². The van der Waals surface area contributed by atoms with E-state index in [0.29, 0.717) is 12.3 Å². The Hall–Kier alpha value is -2.55. The topological polar surface area (TPSA) is 57.5 Å². The first-order valence-corrected chi connectivity index (χ1v) is 10.4. The van der Waals surface area contributed by atoms with Crippen molar-refractivity contribution in [1.82, 2.24) is 0 Å². The van der Waals surface area contributed by atoms with E-state index in [9.17, 15) is 15.0 Å². The van der Waals surface area contributed by atoms with E-state index in [1.54, 1.807) is 31.2 Å². The van der Waals surface area contributed by atoms with Crippen molar-refractivity contribution in [1.29, 1.82) is 0 Å². The van der Waals surface area contributed by atoms with Gasteiger partial charge in [-0.1, -0.05) is 42.7 Å². The number of aromatic hydroxyl groups is 2. The van der Waals surface area contributed by atoms with Crippen molar-refractivity contribution in [2.75, 3.05) is 0 Å². The molecular formula is C25H30O3. The lowest BCUT2D eigenvalue weighted by atomic mass is 9.83. The molecule has 2 aromatic carbocycles. The largest absolute Gasteiger partial charge is 0.508 e. The number of benzene rings is 2. The third kappa shape index (κ3) is 5.25. The molecule has 1 fully saturated rings. The molecule has 0 aromatic heterocycles. The molecule has 1 aliphatic carbocycles. The maximum Gasteiger partial charge on any atom is 0.129 e. The highest BCUT2D eigenvalue weighted by Gasteiger charge is 2.23. The Morgan fingerprint density at radius 3 is 1.75 bits per heavy atom. The number of allylic oxidation sites excluding steroid dienone is 1. The van der Waals surface area contributed by atoms with Gasteiger partial charge in [0.1, 0.15) is 17.3 Å². The van der Waals surface area contributed by atoms with Gasteiger partial charge >= 0.3 is 0 Å². The minimum Gasteiger partial charge on any atom is -0.508 e. The monoisotopic (exact) mass is 378 g/mol. The Kier molecular flexibility index (Phi) is 6.91. The Balaban J connectivity index is 2.03. The van der Waals surface area contributed by atoms with Gasteiger partial charge in [-0.15, -0.1) is 0 Å². The normalized spacial score (nSPS) is 14.2.